The maximum Gasteiger partial charge on any atom is 0.123 e. The predicted octanol–water partition coefficient (Wildman–Crippen LogP) is 3.84. The van der Waals surface area contributed by atoms with Gasteiger partial charge in [0, 0.05) is 15.8 Å². The van der Waals surface area contributed by atoms with Crippen LogP contribution in [-0.4, -0.2) is 0 Å². The molecule has 2 N–H and O–H groups in total. The molecule has 2 aromatic rings. The van der Waals surface area contributed by atoms with Crippen LogP contribution in [0.2, 0.25) is 0 Å². The molecule has 0 aliphatic heterocycles. The van der Waals surface area contributed by atoms with E-state index in [2.05, 4.69) is 31.2 Å². The van der Waals surface area contributed by atoms with Crippen LogP contribution in [0.4, 0.5) is 0 Å². The Labute approximate surface area is 118 Å². The molecule has 3 heteroatoms. The smallest absolute Gasteiger partial charge is 0.123 e. The van der Waals surface area contributed by atoms with Crippen LogP contribution in [0.5, 0.6) is 5.75 Å². The van der Waals surface area contributed by atoms with E-state index < -0.39 is 0 Å². The lowest BCUT2D eigenvalue weighted by molar-refractivity contribution is 0.307. The molecule has 1 aromatic carbocycles. The first kappa shape index (κ1) is 12.7. The SMILES string of the molecule is CCc1ccc(COc2cccc3c2CCC3N)s1. The molecule has 0 saturated carbocycles. The molecule has 1 heterocycles. The quantitative estimate of drug-likeness (QED) is 0.918. The molecule has 0 spiro atoms. The second-order valence-corrected chi connectivity index (χ2v) is 6.23. The van der Waals surface area contributed by atoms with E-state index in [1.165, 1.54) is 20.9 Å². The van der Waals surface area contributed by atoms with Crippen molar-refractivity contribution in [1.82, 2.24) is 0 Å². The van der Waals surface area contributed by atoms with Crippen molar-refractivity contribution in [3.8, 4) is 5.75 Å². The van der Waals surface area contributed by atoms with Gasteiger partial charge in [-0.05, 0) is 48.6 Å². The Bertz CT molecular complexity index is 576. The van der Waals surface area contributed by atoms with E-state index in [4.69, 9.17) is 10.5 Å². The highest BCUT2D eigenvalue weighted by Crippen LogP contribution is 2.36. The fourth-order valence-corrected chi connectivity index (χ4v) is 3.50. The lowest BCUT2D eigenvalue weighted by atomic mass is 10.1. The van der Waals surface area contributed by atoms with Crippen molar-refractivity contribution in [2.75, 3.05) is 0 Å². The average molecular weight is 273 g/mol. The number of hydrogen-bond donors (Lipinski definition) is 1. The zero-order valence-corrected chi connectivity index (χ0v) is 12.0. The van der Waals surface area contributed by atoms with Crippen molar-refractivity contribution in [1.29, 1.82) is 0 Å². The standard InChI is InChI=1S/C16H19NOS/c1-2-11-6-7-12(19-11)10-18-16-5-3-4-13-14(16)8-9-15(13)17/h3-7,15H,2,8-10,17H2,1H3. The maximum absolute atomic E-state index is 6.09. The molecule has 3 rings (SSSR count). The van der Waals surface area contributed by atoms with Crippen LogP contribution in [0.25, 0.3) is 0 Å². The molecule has 1 atom stereocenters. The van der Waals surface area contributed by atoms with Crippen molar-refractivity contribution in [2.45, 2.75) is 38.8 Å². The second-order valence-electron chi connectivity index (χ2n) is 4.98. The number of ether oxygens (including phenoxy) is 1. The molecule has 0 amide bonds. The van der Waals surface area contributed by atoms with E-state index in [1.807, 2.05) is 17.4 Å². The van der Waals surface area contributed by atoms with Crippen LogP contribution in [0, 0.1) is 0 Å². The van der Waals surface area contributed by atoms with Gasteiger partial charge in [-0.25, -0.2) is 0 Å². The van der Waals surface area contributed by atoms with Crippen LogP contribution in [0.1, 0.15) is 40.3 Å². The van der Waals surface area contributed by atoms with Gasteiger partial charge in [0.05, 0.1) is 0 Å². The minimum atomic E-state index is 0.187. The minimum absolute atomic E-state index is 0.187. The first-order valence-electron chi connectivity index (χ1n) is 6.85. The molecular weight excluding hydrogens is 254 g/mol. The van der Waals surface area contributed by atoms with Crippen molar-refractivity contribution >= 4 is 11.3 Å². The molecule has 100 valence electrons. The Hall–Kier alpha value is -1.32. The molecule has 19 heavy (non-hydrogen) atoms. The van der Waals surface area contributed by atoms with Crippen LogP contribution in [0.15, 0.2) is 30.3 Å². The first-order chi connectivity index (χ1) is 9.28. The van der Waals surface area contributed by atoms with E-state index in [0.717, 1.165) is 25.0 Å². The third-order valence-corrected chi connectivity index (χ3v) is 4.91. The Morgan fingerprint density at radius 2 is 2.11 bits per heavy atom. The summed E-state index contributed by atoms with van der Waals surface area (Å²) in [5.74, 6) is 1.01. The summed E-state index contributed by atoms with van der Waals surface area (Å²) in [5.41, 5.74) is 8.66. The molecule has 0 radical (unpaired) electrons. The number of thiophene rings is 1. The van der Waals surface area contributed by atoms with Gasteiger partial charge in [0.1, 0.15) is 12.4 Å². The zero-order chi connectivity index (χ0) is 13.2. The van der Waals surface area contributed by atoms with E-state index in [1.54, 1.807) is 0 Å². The highest BCUT2D eigenvalue weighted by molar-refractivity contribution is 7.11. The van der Waals surface area contributed by atoms with Gasteiger partial charge in [0.15, 0.2) is 0 Å². The molecule has 1 unspecified atom stereocenters. The van der Waals surface area contributed by atoms with Crippen molar-refractivity contribution < 1.29 is 4.74 Å². The summed E-state index contributed by atoms with van der Waals surface area (Å²) in [6, 6.07) is 10.8. The highest BCUT2D eigenvalue weighted by Gasteiger charge is 2.22. The summed E-state index contributed by atoms with van der Waals surface area (Å²) in [4.78, 5) is 2.70. The summed E-state index contributed by atoms with van der Waals surface area (Å²) >= 11 is 1.84. The normalized spacial score (nSPS) is 17.5. The Balaban J connectivity index is 1.74. The van der Waals surface area contributed by atoms with Gasteiger partial charge in [-0.3, -0.25) is 0 Å². The summed E-state index contributed by atoms with van der Waals surface area (Å²) in [5, 5.41) is 0. The molecule has 0 bridgehead atoms. The van der Waals surface area contributed by atoms with Crippen molar-refractivity contribution in [2.24, 2.45) is 5.73 Å². The third-order valence-electron chi connectivity index (χ3n) is 3.71. The van der Waals surface area contributed by atoms with Gasteiger partial charge in [-0.2, -0.15) is 0 Å². The van der Waals surface area contributed by atoms with E-state index in [9.17, 15) is 0 Å². The van der Waals surface area contributed by atoms with E-state index >= 15 is 0 Å². The molecular formula is C16H19NOS. The monoisotopic (exact) mass is 273 g/mol. The topological polar surface area (TPSA) is 35.2 Å². The number of hydrogen-bond acceptors (Lipinski definition) is 3. The molecule has 1 aliphatic carbocycles. The number of fused-ring (bicyclic) bond motifs is 1. The van der Waals surface area contributed by atoms with E-state index in [0.29, 0.717) is 6.61 Å². The summed E-state index contributed by atoms with van der Waals surface area (Å²) in [6.45, 7) is 2.85. The van der Waals surface area contributed by atoms with Crippen LogP contribution in [-0.2, 0) is 19.4 Å². The Kier molecular flexibility index (Phi) is 3.58. The van der Waals surface area contributed by atoms with Crippen LogP contribution in [0.3, 0.4) is 0 Å². The summed E-state index contributed by atoms with van der Waals surface area (Å²) < 4.78 is 6.00. The Morgan fingerprint density at radius 3 is 2.89 bits per heavy atom. The van der Waals surface area contributed by atoms with Gasteiger partial charge >= 0.3 is 0 Å². The molecule has 1 aromatic heterocycles. The lowest BCUT2D eigenvalue weighted by Gasteiger charge is -2.10. The zero-order valence-electron chi connectivity index (χ0n) is 11.2. The Morgan fingerprint density at radius 1 is 1.26 bits per heavy atom. The van der Waals surface area contributed by atoms with Gasteiger partial charge in [-0.1, -0.05) is 19.1 Å². The second kappa shape index (κ2) is 5.35. The molecule has 0 saturated heterocycles. The van der Waals surface area contributed by atoms with Gasteiger partial charge in [0.2, 0.25) is 0 Å². The summed E-state index contributed by atoms with van der Waals surface area (Å²) in [6.07, 6.45) is 3.17. The van der Waals surface area contributed by atoms with E-state index in [-0.39, 0.29) is 6.04 Å². The fourth-order valence-electron chi connectivity index (χ4n) is 2.63. The fraction of sp³-hybridized carbons (Fsp3) is 0.375. The molecule has 0 fully saturated rings. The van der Waals surface area contributed by atoms with Crippen LogP contribution >= 0.6 is 11.3 Å². The van der Waals surface area contributed by atoms with Gasteiger partial charge in [0.25, 0.3) is 0 Å². The minimum Gasteiger partial charge on any atom is -0.488 e. The third kappa shape index (κ3) is 2.53. The lowest BCUT2D eigenvalue weighted by Crippen LogP contribution is -2.05. The number of nitrogens with two attached hydrogens (primary N) is 1. The molecule has 1 aliphatic rings. The predicted molar refractivity (Wildman–Crippen MR) is 79.7 cm³/mol. The number of aryl methyl sites for hydroxylation is 1. The van der Waals surface area contributed by atoms with Crippen LogP contribution < -0.4 is 10.5 Å². The number of rotatable bonds is 4. The highest BCUT2D eigenvalue weighted by atomic mass is 32.1. The van der Waals surface area contributed by atoms with Crippen molar-refractivity contribution in [3.05, 3.63) is 51.2 Å². The molecule has 2 nitrogen and oxygen atoms in total. The number of benzene rings is 1. The van der Waals surface area contributed by atoms with Crippen molar-refractivity contribution in [3.63, 3.8) is 0 Å². The van der Waals surface area contributed by atoms with Gasteiger partial charge < -0.3 is 10.5 Å². The summed E-state index contributed by atoms with van der Waals surface area (Å²) in [7, 11) is 0. The average Bonchev–Trinajstić information content (AvgIpc) is 3.04. The first-order valence-corrected chi connectivity index (χ1v) is 7.67. The largest absolute Gasteiger partial charge is 0.488 e. The van der Waals surface area contributed by atoms with Gasteiger partial charge in [-0.15, -0.1) is 11.3 Å². The maximum atomic E-state index is 6.09.